The minimum absolute atomic E-state index is 0.140. The number of halogens is 3. The SMILES string of the molecule is O=C(NCc1ccccc1)Oc1ccc(N2CCC(Oc3ccccc3C(F)(F)F)CC2)nc1. The Kier molecular flexibility index (Phi) is 7.20. The Morgan fingerprint density at radius 3 is 2.38 bits per heavy atom. The lowest BCUT2D eigenvalue weighted by atomic mass is 10.1. The van der Waals surface area contributed by atoms with Crippen LogP contribution in [0.1, 0.15) is 24.0 Å². The summed E-state index contributed by atoms with van der Waals surface area (Å²) in [4.78, 5) is 18.4. The van der Waals surface area contributed by atoms with Gasteiger partial charge in [-0.25, -0.2) is 9.78 Å². The Bertz CT molecular complexity index is 1080. The van der Waals surface area contributed by atoms with Gasteiger partial charge in [-0.15, -0.1) is 0 Å². The fourth-order valence-electron chi connectivity index (χ4n) is 3.72. The molecule has 6 nitrogen and oxygen atoms in total. The van der Waals surface area contributed by atoms with Gasteiger partial charge in [0.2, 0.25) is 0 Å². The van der Waals surface area contributed by atoms with Crippen LogP contribution in [0.2, 0.25) is 0 Å². The van der Waals surface area contributed by atoms with Gasteiger partial charge in [-0.1, -0.05) is 42.5 Å². The van der Waals surface area contributed by atoms with Crippen LogP contribution in [0, 0.1) is 0 Å². The molecule has 9 heteroatoms. The third-order valence-electron chi connectivity index (χ3n) is 5.46. The van der Waals surface area contributed by atoms with Gasteiger partial charge in [0.15, 0.2) is 5.75 Å². The Balaban J connectivity index is 1.26. The van der Waals surface area contributed by atoms with Crippen LogP contribution in [0.15, 0.2) is 72.9 Å². The fraction of sp³-hybridized carbons (Fsp3) is 0.280. The molecule has 1 saturated heterocycles. The molecular formula is C25H24F3N3O3. The number of carbonyl (C=O) groups excluding carboxylic acids is 1. The maximum absolute atomic E-state index is 13.2. The molecule has 1 fully saturated rings. The molecule has 0 radical (unpaired) electrons. The van der Waals surface area contributed by atoms with Crippen molar-refractivity contribution in [1.29, 1.82) is 0 Å². The van der Waals surface area contributed by atoms with E-state index < -0.39 is 17.8 Å². The predicted molar refractivity (Wildman–Crippen MR) is 121 cm³/mol. The van der Waals surface area contributed by atoms with Crippen molar-refractivity contribution in [2.75, 3.05) is 18.0 Å². The molecule has 1 aromatic heterocycles. The fourth-order valence-corrected chi connectivity index (χ4v) is 3.72. The number of anilines is 1. The maximum atomic E-state index is 13.2. The molecule has 2 heterocycles. The summed E-state index contributed by atoms with van der Waals surface area (Å²) in [7, 11) is 0. The molecule has 0 unspecified atom stereocenters. The van der Waals surface area contributed by atoms with Gasteiger partial charge >= 0.3 is 12.3 Å². The number of amides is 1. The predicted octanol–water partition coefficient (Wildman–Crippen LogP) is 5.44. The minimum Gasteiger partial charge on any atom is -0.490 e. The normalized spacial score (nSPS) is 14.5. The summed E-state index contributed by atoms with van der Waals surface area (Å²) in [6.07, 6.45) is -2.74. The summed E-state index contributed by atoms with van der Waals surface area (Å²) in [6, 6.07) is 18.2. The molecule has 34 heavy (non-hydrogen) atoms. The third-order valence-corrected chi connectivity index (χ3v) is 5.46. The Hall–Kier alpha value is -3.75. The number of hydrogen-bond acceptors (Lipinski definition) is 5. The van der Waals surface area contributed by atoms with Gasteiger partial charge in [-0.2, -0.15) is 13.2 Å². The molecule has 3 aromatic rings. The zero-order valence-corrected chi connectivity index (χ0v) is 18.3. The van der Waals surface area contributed by atoms with E-state index in [-0.39, 0.29) is 11.9 Å². The van der Waals surface area contributed by atoms with Crippen LogP contribution < -0.4 is 19.7 Å². The first-order valence-corrected chi connectivity index (χ1v) is 10.9. The largest absolute Gasteiger partial charge is 0.490 e. The second-order valence-electron chi connectivity index (χ2n) is 7.88. The molecule has 178 valence electrons. The lowest BCUT2D eigenvalue weighted by Gasteiger charge is -2.33. The van der Waals surface area contributed by atoms with Crippen molar-refractivity contribution in [3.8, 4) is 11.5 Å². The van der Waals surface area contributed by atoms with E-state index in [1.165, 1.54) is 24.4 Å². The molecule has 2 aromatic carbocycles. The number of hydrogen-bond donors (Lipinski definition) is 1. The molecule has 1 aliphatic rings. The van der Waals surface area contributed by atoms with Gasteiger partial charge in [0.1, 0.15) is 17.7 Å². The van der Waals surface area contributed by atoms with Crippen LogP contribution in [-0.4, -0.2) is 30.3 Å². The molecule has 0 saturated carbocycles. The number of aromatic nitrogens is 1. The van der Waals surface area contributed by atoms with Crippen LogP contribution >= 0.6 is 0 Å². The van der Waals surface area contributed by atoms with E-state index in [9.17, 15) is 18.0 Å². The van der Waals surface area contributed by atoms with Crippen molar-refractivity contribution in [3.63, 3.8) is 0 Å². The number of piperidine rings is 1. The molecule has 0 spiro atoms. The first-order chi connectivity index (χ1) is 16.4. The number of benzene rings is 2. The average molecular weight is 471 g/mol. The highest BCUT2D eigenvalue weighted by Crippen LogP contribution is 2.37. The molecule has 4 rings (SSSR count). The zero-order valence-electron chi connectivity index (χ0n) is 18.3. The van der Waals surface area contributed by atoms with Crippen molar-refractivity contribution in [3.05, 3.63) is 84.1 Å². The lowest BCUT2D eigenvalue weighted by molar-refractivity contribution is -0.139. The summed E-state index contributed by atoms with van der Waals surface area (Å²) >= 11 is 0. The van der Waals surface area contributed by atoms with E-state index in [1.54, 1.807) is 12.1 Å². The molecule has 0 atom stereocenters. The van der Waals surface area contributed by atoms with Crippen molar-refractivity contribution in [1.82, 2.24) is 10.3 Å². The summed E-state index contributed by atoms with van der Waals surface area (Å²) in [6.45, 7) is 1.53. The van der Waals surface area contributed by atoms with Gasteiger partial charge in [0.05, 0.1) is 11.8 Å². The number of ether oxygens (including phenoxy) is 2. The summed E-state index contributed by atoms with van der Waals surface area (Å²) in [5.74, 6) is 0.876. The molecule has 1 aliphatic heterocycles. The first kappa shape index (κ1) is 23.4. The minimum atomic E-state index is -4.45. The van der Waals surface area contributed by atoms with Crippen molar-refractivity contribution in [2.45, 2.75) is 31.7 Å². The quantitative estimate of drug-likeness (QED) is 0.519. The molecular weight excluding hydrogens is 447 g/mol. The van der Waals surface area contributed by atoms with Gasteiger partial charge in [-0.3, -0.25) is 0 Å². The van der Waals surface area contributed by atoms with Crippen LogP contribution in [-0.2, 0) is 12.7 Å². The van der Waals surface area contributed by atoms with Gasteiger partial charge in [-0.05, 0) is 29.8 Å². The summed E-state index contributed by atoms with van der Waals surface area (Å²) in [5, 5.41) is 2.68. The number of nitrogens with zero attached hydrogens (tertiary/aromatic N) is 2. The highest BCUT2D eigenvalue weighted by Gasteiger charge is 2.35. The number of pyridine rings is 1. The van der Waals surface area contributed by atoms with E-state index in [1.807, 2.05) is 35.2 Å². The highest BCUT2D eigenvalue weighted by molar-refractivity contribution is 5.70. The van der Waals surface area contributed by atoms with E-state index >= 15 is 0 Å². The number of carbonyl (C=O) groups is 1. The Morgan fingerprint density at radius 1 is 1.00 bits per heavy atom. The van der Waals surface area contributed by atoms with Gasteiger partial charge in [0.25, 0.3) is 0 Å². The van der Waals surface area contributed by atoms with Gasteiger partial charge < -0.3 is 19.7 Å². The highest BCUT2D eigenvalue weighted by atomic mass is 19.4. The zero-order chi connectivity index (χ0) is 24.0. The Labute approximate surface area is 195 Å². The Morgan fingerprint density at radius 2 is 1.71 bits per heavy atom. The number of alkyl halides is 3. The van der Waals surface area contributed by atoms with Crippen molar-refractivity contribution >= 4 is 11.9 Å². The van der Waals surface area contributed by atoms with E-state index in [0.29, 0.717) is 44.0 Å². The van der Waals surface area contributed by atoms with E-state index in [2.05, 4.69) is 10.3 Å². The van der Waals surface area contributed by atoms with Crippen LogP contribution in [0.3, 0.4) is 0 Å². The number of nitrogens with one attached hydrogen (secondary N) is 1. The monoisotopic (exact) mass is 471 g/mol. The standard InChI is InChI=1S/C25H24F3N3O3/c26-25(27,28)21-8-4-5-9-22(21)33-19-12-14-31(15-13-19)23-11-10-20(17-29-23)34-24(32)30-16-18-6-2-1-3-7-18/h1-11,17,19H,12-16H2,(H,30,32). The summed E-state index contributed by atoms with van der Waals surface area (Å²) < 4.78 is 50.5. The topological polar surface area (TPSA) is 63.7 Å². The number of para-hydroxylation sites is 1. The molecule has 1 amide bonds. The van der Waals surface area contributed by atoms with Gasteiger partial charge in [0, 0.05) is 32.5 Å². The third kappa shape index (κ3) is 6.18. The van der Waals surface area contributed by atoms with Crippen LogP contribution in [0.5, 0.6) is 11.5 Å². The average Bonchev–Trinajstić information content (AvgIpc) is 2.84. The van der Waals surface area contributed by atoms with E-state index in [0.717, 1.165) is 11.6 Å². The van der Waals surface area contributed by atoms with E-state index in [4.69, 9.17) is 9.47 Å². The maximum Gasteiger partial charge on any atom is 0.419 e. The van der Waals surface area contributed by atoms with Crippen LogP contribution in [0.4, 0.5) is 23.8 Å². The molecule has 0 aliphatic carbocycles. The number of rotatable bonds is 6. The van der Waals surface area contributed by atoms with Crippen molar-refractivity contribution < 1.29 is 27.4 Å². The van der Waals surface area contributed by atoms with Crippen LogP contribution in [0.25, 0.3) is 0 Å². The lowest BCUT2D eigenvalue weighted by Crippen LogP contribution is -2.38. The molecule has 0 bridgehead atoms. The second-order valence-corrected chi connectivity index (χ2v) is 7.88. The summed E-state index contributed by atoms with van der Waals surface area (Å²) in [5.41, 5.74) is 0.199. The second kappa shape index (κ2) is 10.5. The van der Waals surface area contributed by atoms with Crippen molar-refractivity contribution in [2.24, 2.45) is 0 Å². The molecule has 1 N–H and O–H groups in total. The smallest absolute Gasteiger partial charge is 0.419 e. The first-order valence-electron chi connectivity index (χ1n) is 10.9.